The van der Waals surface area contributed by atoms with E-state index in [0.717, 1.165) is 0 Å². The molecule has 114 valence electrons. The van der Waals surface area contributed by atoms with Crippen molar-refractivity contribution in [1.29, 1.82) is 0 Å². The van der Waals surface area contributed by atoms with Crippen LogP contribution in [-0.2, 0) is 9.59 Å². The molecule has 7 heteroatoms. The summed E-state index contributed by atoms with van der Waals surface area (Å²) in [5.41, 5.74) is 0.911. The van der Waals surface area contributed by atoms with Gasteiger partial charge >= 0.3 is 11.9 Å². The van der Waals surface area contributed by atoms with Gasteiger partial charge in [0.2, 0.25) is 0 Å². The molecular weight excluding hydrogens is 286 g/mol. The molecule has 2 atom stereocenters. The fraction of sp³-hybridized carbons (Fsp3) is 0.333. The zero-order valence-corrected chi connectivity index (χ0v) is 12.0. The standard InChI is InChI=1S/C15H15N3O4/c1-9(19)11-12(10-5-3-2-4-6-10)13(18(21)22)15(20)17-8-7-16-14(11)17/h2-6,12-13,16H,7-8H2,1H3. The van der Waals surface area contributed by atoms with E-state index in [0.29, 0.717) is 30.0 Å². The highest BCUT2D eigenvalue weighted by Gasteiger charge is 2.52. The molecule has 2 aliphatic heterocycles. The van der Waals surface area contributed by atoms with Crippen molar-refractivity contribution in [3.63, 3.8) is 0 Å². The van der Waals surface area contributed by atoms with Crippen molar-refractivity contribution in [2.75, 3.05) is 13.1 Å². The Morgan fingerprint density at radius 2 is 2.05 bits per heavy atom. The first kappa shape index (κ1) is 14.2. The summed E-state index contributed by atoms with van der Waals surface area (Å²) in [7, 11) is 0. The van der Waals surface area contributed by atoms with Crippen molar-refractivity contribution in [1.82, 2.24) is 10.2 Å². The third-order valence-electron chi connectivity index (χ3n) is 4.06. The molecule has 1 aromatic carbocycles. The molecule has 0 bridgehead atoms. The minimum Gasteiger partial charge on any atom is -0.369 e. The van der Waals surface area contributed by atoms with Gasteiger partial charge in [0.15, 0.2) is 5.78 Å². The number of rotatable bonds is 3. The molecule has 1 aromatic rings. The second-order valence-corrected chi connectivity index (χ2v) is 5.35. The Morgan fingerprint density at radius 1 is 1.36 bits per heavy atom. The third kappa shape index (κ3) is 2.05. The van der Waals surface area contributed by atoms with E-state index in [1.54, 1.807) is 30.3 Å². The van der Waals surface area contributed by atoms with Crippen LogP contribution in [0.25, 0.3) is 0 Å². The zero-order valence-electron chi connectivity index (χ0n) is 12.0. The number of nitrogens with zero attached hydrogens (tertiary/aromatic N) is 2. The maximum atomic E-state index is 12.5. The molecule has 2 heterocycles. The first-order chi connectivity index (χ1) is 10.5. The van der Waals surface area contributed by atoms with Gasteiger partial charge in [-0.25, -0.2) is 0 Å². The second-order valence-electron chi connectivity index (χ2n) is 5.35. The van der Waals surface area contributed by atoms with Crippen molar-refractivity contribution < 1.29 is 14.5 Å². The fourth-order valence-corrected chi connectivity index (χ4v) is 3.17. The lowest BCUT2D eigenvalue weighted by Crippen LogP contribution is -2.50. The highest BCUT2D eigenvalue weighted by Crippen LogP contribution is 2.38. The molecule has 2 aliphatic rings. The van der Waals surface area contributed by atoms with Gasteiger partial charge < -0.3 is 5.32 Å². The van der Waals surface area contributed by atoms with Gasteiger partial charge in [0.1, 0.15) is 5.82 Å². The van der Waals surface area contributed by atoms with Gasteiger partial charge in [0.25, 0.3) is 0 Å². The lowest BCUT2D eigenvalue weighted by atomic mass is 9.80. The SMILES string of the molecule is CC(=O)C1=C2NCCN2C(=O)C([N+](=O)[O-])C1c1ccccc1. The molecule has 2 unspecified atom stereocenters. The molecule has 1 fully saturated rings. The third-order valence-corrected chi connectivity index (χ3v) is 4.06. The van der Waals surface area contributed by atoms with Gasteiger partial charge in [0, 0.05) is 18.0 Å². The van der Waals surface area contributed by atoms with Crippen LogP contribution >= 0.6 is 0 Å². The molecular formula is C15H15N3O4. The van der Waals surface area contributed by atoms with Crippen LogP contribution in [0, 0.1) is 10.1 Å². The van der Waals surface area contributed by atoms with E-state index in [9.17, 15) is 19.7 Å². The maximum Gasteiger partial charge on any atom is 0.304 e. The Bertz CT molecular complexity index is 683. The van der Waals surface area contributed by atoms with Crippen LogP contribution in [0.5, 0.6) is 0 Å². The number of carbonyl (C=O) groups is 2. The Balaban J connectivity index is 2.24. The molecule has 0 saturated carbocycles. The molecule has 1 N–H and O–H groups in total. The highest BCUT2D eigenvalue weighted by atomic mass is 16.6. The Hall–Kier alpha value is -2.70. The number of amides is 1. The van der Waals surface area contributed by atoms with E-state index >= 15 is 0 Å². The summed E-state index contributed by atoms with van der Waals surface area (Å²) in [4.78, 5) is 36.9. The summed E-state index contributed by atoms with van der Waals surface area (Å²) in [5, 5.41) is 14.5. The van der Waals surface area contributed by atoms with Crippen molar-refractivity contribution >= 4 is 11.7 Å². The Kier molecular flexibility index (Phi) is 3.40. The van der Waals surface area contributed by atoms with E-state index in [4.69, 9.17) is 0 Å². The van der Waals surface area contributed by atoms with Crippen LogP contribution < -0.4 is 5.32 Å². The smallest absolute Gasteiger partial charge is 0.304 e. The number of nitro groups is 1. The maximum absolute atomic E-state index is 12.5. The van der Waals surface area contributed by atoms with Crippen LogP contribution in [0.1, 0.15) is 18.4 Å². The van der Waals surface area contributed by atoms with Gasteiger partial charge in [-0.3, -0.25) is 24.6 Å². The quantitative estimate of drug-likeness (QED) is 0.654. The number of carbonyl (C=O) groups excluding carboxylic acids is 2. The summed E-state index contributed by atoms with van der Waals surface area (Å²) in [6.45, 7) is 2.21. The summed E-state index contributed by atoms with van der Waals surface area (Å²) < 4.78 is 0. The van der Waals surface area contributed by atoms with E-state index in [1.165, 1.54) is 11.8 Å². The van der Waals surface area contributed by atoms with Gasteiger partial charge in [-0.1, -0.05) is 30.3 Å². The lowest BCUT2D eigenvalue weighted by Gasteiger charge is -2.32. The summed E-state index contributed by atoms with van der Waals surface area (Å²) in [6.07, 6.45) is 0. The van der Waals surface area contributed by atoms with Crippen molar-refractivity contribution in [3.8, 4) is 0 Å². The van der Waals surface area contributed by atoms with Crippen LogP contribution in [-0.4, -0.2) is 40.6 Å². The van der Waals surface area contributed by atoms with Crippen LogP contribution in [0.4, 0.5) is 0 Å². The molecule has 0 aromatic heterocycles. The lowest BCUT2D eigenvalue weighted by molar-refractivity contribution is -0.512. The minimum absolute atomic E-state index is 0.261. The predicted molar refractivity (Wildman–Crippen MR) is 77.4 cm³/mol. The molecule has 3 rings (SSSR count). The Labute approximate surface area is 126 Å². The van der Waals surface area contributed by atoms with Crippen molar-refractivity contribution in [2.24, 2.45) is 0 Å². The van der Waals surface area contributed by atoms with Gasteiger partial charge in [-0.15, -0.1) is 0 Å². The second kappa shape index (κ2) is 5.25. The monoisotopic (exact) mass is 301 g/mol. The fourth-order valence-electron chi connectivity index (χ4n) is 3.17. The molecule has 0 spiro atoms. The summed E-state index contributed by atoms with van der Waals surface area (Å²) in [6, 6.07) is 7.23. The van der Waals surface area contributed by atoms with Crippen molar-refractivity contribution in [3.05, 3.63) is 57.4 Å². The minimum atomic E-state index is -1.47. The zero-order chi connectivity index (χ0) is 15.9. The first-order valence-corrected chi connectivity index (χ1v) is 7.01. The van der Waals surface area contributed by atoms with E-state index in [2.05, 4.69) is 5.32 Å². The summed E-state index contributed by atoms with van der Waals surface area (Å²) >= 11 is 0. The molecule has 1 amide bonds. The van der Waals surface area contributed by atoms with Crippen LogP contribution in [0.3, 0.4) is 0 Å². The van der Waals surface area contributed by atoms with Gasteiger partial charge in [0.05, 0.1) is 11.5 Å². The molecule has 0 aliphatic carbocycles. The number of nitrogens with one attached hydrogen (secondary N) is 1. The highest BCUT2D eigenvalue weighted by molar-refractivity contribution is 6.00. The largest absolute Gasteiger partial charge is 0.369 e. The number of fused-ring (bicyclic) bond motifs is 1. The normalized spacial score (nSPS) is 24.0. The average molecular weight is 301 g/mol. The van der Waals surface area contributed by atoms with E-state index < -0.39 is 22.8 Å². The van der Waals surface area contributed by atoms with Gasteiger partial charge in [-0.05, 0) is 12.5 Å². The van der Waals surface area contributed by atoms with E-state index in [1.807, 2.05) is 0 Å². The number of ketones is 1. The first-order valence-electron chi connectivity index (χ1n) is 7.01. The van der Waals surface area contributed by atoms with Crippen LogP contribution in [0.2, 0.25) is 0 Å². The Morgan fingerprint density at radius 3 is 2.64 bits per heavy atom. The van der Waals surface area contributed by atoms with Gasteiger partial charge in [-0.2, -0.15) is 0 Å². The average Bonchev–Trinajstić information content (AvgIpc) is 2.96. The van der Waals surface area contributed by atoms with Crippen LogP contribution in [0.15, 0.2) is 41.7 Å². The van der Waals surface area contributed by atoms with E-state index in [-0.39, 0.29) is 5.78 Å². The molecule has 0 radical (unpaired) electrons. The number of benzene rings is 1. The predicted octanol–water partition coefficient (Wildman–Crippen LogP) is 0.661. The number of hydrogen-bond donors (Lipinski definition) is 1. The van der Waals surface area contributed by atoms with Crippen molar-refractivity contribution in [2.45, 2.75) is 18.9 Å². The number of hydrogen-bond acceptors (Lipinski definition) is 5. The number of Topliss-reactive ketones (excluding diaryl/α,β-unsaturated/α-hetero) is 1. The summed E-state index contributed by atoms with van der Waals surface area (Å²) in [5.74, 6) is -1.27. The molecule has 22 heavy (non-hydrogen) atoms. The molecule has 1 saturated heterocycles. The topological polar surface area (TPSA) is 92.6 Å². The molecule has 7 nitrogen and oxygen atoms in total.